The molecule has 9 radical (unpaired) electrons. The summed E-state index contributed by atoms with van der Waals surface area (Å²) in [5.74, 6) is 0. The van der Waals surface area contributed by atoms with Gasteiger partial charge < -0.3 is 0 Å². The largest absolute Gasteiger partial charge is 0.290 e. The molecule has 1 heteroatoms. The van der Waals surface area contributed by atoms with Gasteiger partial charge in [0.05, 0.1) is 6.42 Å². The van der Waals surface area contributed by atoms with Crippen LogP contribution in [0.4, 0.5) is 0 Å². The fourth-order valence-electron chi connectivity index (χ4n) is 0.0616. The van der Waals surface area contributed by atoms with E-state index in [2.05, 4.69) is 13.3 Å². The fourth-order valence-corrected chi connectivity index (χ4v) is 0.0616. The van der Waals surface area contributed by atoms with Crippen LogP contribution in [0.5, 0.6) is 0 Å². The highest BCUT2D eigenvalue weighted by Crippen LogP contribution is 1.81. The lowest BCUT2D eigenvalue weighted by Gasteiger charge is -1.73. The minimum atomic E-state index is 1.32. The van der Waals surface area contributed by atoms with Gasteiger partial charge in [-0.05, 0) is 13.3 Å². The maximum Gasteiger partial charge on any atom is 0.207 e. The number of unbranched alkanes of at least 4 members (excludes halogenated alkanes) is 2. The molecule has 0 bridgehead atoms. The van der Waals surface area contributed by atoms with Crippen molar-refractivity contribution >= 4 is 6.29 Å². The van der Waals surface area contributed by atoms with Gasteiger partial charge in [0.15, 0.2) is 0 Å². The number of hydrogen-bond acceptors (Lipinski definition) is 1. The fraction of sp³-hybridized carbons (Fsp3) is 0. The van der Waals surface area contributed by atoms with Gasteiger partial charge in [-0.25, -0.2) is 0 Å². The molecule has 0 atom stereocenters. The van der Waals surface area contributed by atoms with Crippen LogP contribution in [0.15, 0.2) is 0 Å². The first kappa shape index (κ1) is 5.67. The SMILES string of the molecule is [CH][C][C][C][C]=O. The monoisotopic (exact) mass is 77.0 g/mol. The third kappa shape index (κ3) is 3.67. The van der Waals surface area contributed by atoms with Gasteiger partial charge in [-0.3, -0.25) is 4.79 Å². The standard InChI is InChI=1S/C5HO/c1-2-3-4-5-6/h1H. The summed E-state index contributed by atoms with van der Waals surface area (Å²) < 4.78 is 0. The Kier molecular flexibility index (Phi) is 4.41. The summed E-state index contributed by atoms with van der Waals surface area (Å²) in [5, 5.41) is 0. The molecule has 0 heterocycles. The summed E-state index contributed by atoms with van der Waals surface area (Å²) >= 11 is 0. The van der Waals surface area contributed by atoms with Crippen LogP contribution in [-0.2, 0) is 4.79 Å². The molecule has 1 nitrogen and oxygen atoms in total. The second-order valence-electron chi connectivity index (χ2n) is 0.496. The average molecular weight is 77.1 g/mol. The highest BCUT2D eigenvalue weighted by molar-refractivity contribution is 5.64. The Morgan fingerprint density at radius 3 is 2.17 bits per heavy atom. The maximum absolute atomic E-state index is 9.17. The van der Waals surface area contributed by atoms with Crippen LogP contribution in [0.2, 0.25) is 0 Å². The topological polar surface area (TPSA) is 17.1 Å². The summed E-state index contributed by atoms with van der Waals surface area (Å²) in [4.78, 5) is 9.17. The second kappa shape index (κ2) is 4.67. The van der Waals surface area contributed by atoms with E-state index in [1.165, 1.54) is 6.29 Å². The molecular weight excluding hydrogens is 76.1 g/mol. The molecule has 0 unspecified atom stereocenters. The minimum Gasteiger partial charge on any atom is -0.290 e. The van der Waals surface area contributed by atoms with Crippen LogP contribution in [-0.4, -0.2) is 6.29 Å². The first-order valence-corrected chi connectivity index (χ1v) is 1.24. The third-order valence-corrected chi connectivity index (χ3v) is 0.186. The van der Waals surface area contributed by atoms with E-state index in [1.54, 1.807) is 0 Å². The van der Waals surface area contributed by atoms with E-state index in [1.807, 2.05) is 12.8 Å². The van der Waals surface area contributed by atoms with Crippen molar-refractivity contribution in [3.8, 4) is 0 Å². The summed E-state index contributed by atoms with van der Waals surface area (Å²) in [7, 11) is 0. The number of hydrogen-bond donors (Lipinski definition) is 0. The van der Waals surface area contributed by atoms with Crippen molar-refractivity contribution in [1.29, 1.82) is 0 Å². The molecule has 6 heavy (non-hydrogen) atoms. The molecule has 0 aromatic heterocycles. The van der Waals surface area contributed by atoms with Crippen LogP contribution in [0.25, 0.3) is 0 Å². The average Bonchev–Trinajstić information content (AvgIpc) is 1.61. The van der Waals surface area contributed by atoms with E-state index in [-0.39, 0.29) is 0 Å². The Balaban J connectivity index is 2.49. The lowest BCUT2D eigenvalue weighted by atomic mass is 10.3. The molecule has 0 aliphatic heterocycles. The Morgan fingerprint density at radius 1 is 1.33 bits per heavy atom. The van der Waals surface area contributed by atoms with Crippen LogP contribution in [0.1, 0.15) is 0 Å². The zero-order valence-corrected chi connectivity index (χ0v) is 2.99. The van der Waals surface area contributed by atoms with E-state index in [4.69, 9.17) is 4.79 Å². The first-order valence-electron chi connectivity index (χ1n) is 1.24. The lowest BCUT2D eigenvalue weighted by Crippen LogP contribution is -1.74. The zero-order chi connectivity index (χ0) is 4.83. The highest BCUT2D eigenvalue weighted by Gasteiger charge is 1.81. The van der Waals surface area contributed by atoms with Crippen molar-refractivity contribution in [2.75, 3.05) is 0 Å². The van der Waals surface area contributed by atoms with Crippen molar-refractivity contribution in [2.45, 2.75) is 0 Å². The molecule has 0 aromatic rings. The van der Waals surface area contributed by atoms with Crippen molar-refractivity contribution in [3.05, 3.63) is 26.2 Å². The van der Waals surface area contributed by atoms with E-state index in [9.17, 15) is 0 Å². The smallest absolute Gasteiger partial charge is 0.207 e. The summed E-state index contributed by atoms with van der Waals surface area (Å²) in [5.41, 5.74) is 0. The van der Waals surface area contributed by atoms with E-state index >= 15 is 0 Å². The quantitative estimate of drug-likeness (QED) is 0.435. The van der Waals surface area contributed by atoms with E-state index in [0.717, 1.165) is 0 Å². The lowest BCUT2D eigenvalue weighted by molar-refractivity contribution is 0.562. The normalized spacial score (nSPS) is 8.17. The first-order chi connectivity index (χ1) is 2.91. The minimum absolute atomic E-state index is 1.32. The zero-order valence-electron chi connectivity index (χ0n) is 2.99. The predicted molar refractivity (Wildman–Crippen MR) is 19.7 cm³/mol. The third-order valence-electron chi connectivity index (χ3n) is 0.186. The molecule has 0 amide bonds. The molecule has 0 N–H and O–H groups in total. The molecule has 0 aliphatic rings. The van der Waals surface area contributed by atoms with Crippen LogP contribution < -0.4 is 0 Å². The molecule has 0 aliphatic carbocycles. The summed E-state index contributed by atoms with van der Waals surface area (Å²) in [6.45, 7) is 4.61. The maximum atomic E-state index is 9.17. The van der Waals surface area contributed by atoms with E-state index in [0.29, 0.717) is 0 Å². The van der Waals surface area contributed by atoms with Crippen LogP contribution in [0.3, 0.4) is 0 Å². The van der Waals surface area contributed by atoms with Gasteiger partial charge in [-0.15, -0.1) is 0 Å². The van der Waals surface area contributed by atoms with Gasteiger partial charge in [0.25, 0.3) is 0 Å². The van der Waals surface area contributed by atoms with Gasteiger partial charge in [0.2, 0.25) is 6.29 Å². The molecule has 0 saturated carbocycles. The molecule has 0 fully saturated rings. The molecule has 0 aromatic carbocycles. The van der Waals surface area contributed by atoms with Gasteiger partial charge in [0.1, 0.15) is 0 Å². The summed E-state index contributed by atoms with van der Waals surface area (Å²) in [6, 6.07) is 0. The van der Waals surface area contributed by atoms with E-state index < -0.39 is 0 Å². The Bertz CT molecular complexity index is 32.9. The van der Waals surface area contributed by atoms with Crippen molar-refractivity contribution in [2.24, 2.45) is 0 Å². The highest BCUT2D eigenvalue weighted by atomic mass is 16.1. The van der Waals surface area contributed by atoms with Gasteiger partial charge >= 0.3 is 0 Å². The predicted octanol–water partition coefficient (Wildman–Crippen LogP) is 0.0511. The van der Waals surface area contributed by atoms with Crippen LogP contribution in [0, 0.1) is 26.2 Å². The van der Waals surface area contributed by atoms with Gasteiger partial charge in [-0.2, -0.15) is 0 Å². The van der Waals surface area contributed by atoms with Gasteiger partial charge in [0, 0.05) is 6.42 Å². The van der Waals surface area contributed by atoms with Crippen LogP contribution >= 0.6 is 0 Å². The molecule has 27 valence electrons. The Morgan fingerprint density at radius 2 is 2.00 bits per heavy atom. The second-order valence-corrected chi connectivity index (χ2v) is 0.496. The van der Waals surface area contributed by atoms with Crippen molar-refractivity contribution in [3.63, 3.8) is 0 Å². The molecule has 0 rings (SSSR count). The molecule has 0 spiro atoms. The summed E-state index contributed by atoms with van der Waals surface area (Å²) in [6.07, 6.45) is 7.22. The Hall–Kier alpha value is -0.330. The van der Waals surface area contributed by atoms with Crippen molar-refractivity contribution in [1.82, 2.24) is 0 Å². The van der Waals surface area contributed by atoms with Crippen molar-refractivity contribution < 1.29 is 4.79 Å². The molecular formula is C5HO. The Labute approximate surface area is 38.4 Å². The number of rotatable bonds is 3. The number of carbonyl (C=O) groups excluding carboxylic acids is 1. The van der Waals surface area contributed by atoms with Gasteiger partial charge in [-0.1, -0.05) is 0 Å². The molecule has 0 saturated heterocycles.